The number of rotatable bonds is 4. The van der Waals surface area contributed by atoms with Gasteiger partial charge < -0.3 is 9.64 Å². The van der Waals surface area contributed by atoms with Crippen LogP contribution < -0.4 is 10.2 Å². The Hall–Kier alpha value is -2.90. The summed E-state index contributed by atoms with van der Waals surface area (Å²) in [5.41, 5.74) is -0.351. The van der Waals surface area contributed by atoms with Crippen LogP contribution in [0.4, 0.5) is 10.1 Å². The van der Waals surface area contributed by atoms with Crippen LogP contribution in [0.3, 0.4) is 0 Å². The van der Waals surface area contributed by atoms with Gasteiger partial charge in [-0.3, -0.25) is 29.4 Å². The number of fused-ring (bicyclic) bond motifs is 1. The van der Waals surface area contributed by atoms with Crippen molar-refractivity contribution in [2.24, 2.45) is 0 Å². The highest BCUT2D eigenvalue weighted by atomic mass is 32.2. The molecule has 4 aliphatic heterocycles. The molecule has 35 heavy (non-hydrogen) atoms. The van der Waals surface area contributed by atoms with E-state index in [1.165, 1.54) is 15.3 Å². The molecule has 0 spiro atoms. The van der Waals surface area contributed by atoms with Gasteiger partial charge in [0.15, 0.2) is 0 Å². The van der Waals surface area contributed by atoms with Gasteiger partial charge in [-0.2, -0.15) is 4.31 Å². The molecule has 3 saturated heterocycles. The van der Waals surface area contributed by atoms with E-state index in [1.54, 1.807) is 0 Å². The number of nitrogens with zero attached hydrogens (tertiary/aromatic N) is 3. The summed E-state index contributed by atoms with van der Waals surface area (Å²) < 4.78 is 48.3. The smallest absolute Gasteiger partial charge is 0.264 e. The molecule has 1 aromatic carbocycles. The molecule has 0 saturated carbocycles. The van der Waals surface area contributed by atoms with Crippen LogP contribution in [0.15, 0.2) is 12.1 Å². The van der Waals surface area contributed by atoms with Crippen molar-refractivity contribution in [2.75, 3.05) is 44.3 Å². The van der Waals surface area contributed by atoms with Crippen molar-refractivity contribution in [3.63, 3.8) is 0 Å². The van der Waals surface area contributed by atoms with Crippen molar-refractivity contribution in [3.05, 3.63) is 29.1 Å². The number of hydrogen-bond donors (Lipinski definition) is 1. The number of anilines is 1. The van der Waals surface area contributed by atoms with Gasteiger partial charge in [0.2, 0.25) is 21.8 Å². The molecule has 4 aliphatic rings. The van der Waals surface area contributed by atoms with Gasteiger partial charge >= 0.3 is 0 Å². The molecule has 4 amide bonds. The SMILES string of the molecule is O=C1CCC(N2C(=O)c3ccc(F)c(N4CCCC(S(=O)(=O)N5CCOCC5)C4)c3C2=O)C(=O)N1. The van der Waals surface area contributed by atoms with Crippen LogP contribution >= 0.6 is 0 Å². The van der Waals surface area contributed by atoms with Crippen LogP contribution in [0.25, 0.3) is 0 Å². The Kier molecular flexibility index (Phi) is 6.09. The minimum atomic E-state index is -3.68. The molecule has 1 N–H and O–H groups in total. The maximum absolute atomic E-state index is 15.2. The number of carbonyl (C=O) groups excluding carboxylic acids is 4. The second-order valence-electron chi connectivity index (χ2n) is 9.03. The van der Waals surface area contributed by atoms with Crippen molar-refractivity contribution in [1.82, 2.24) is 14.5 Å². The number of nitrogens with one attached hydrogen (secondary N) is 1. The molecule has 2 unspecified atom stereocenters. The highest BCUT2D eigenvalue weighted by molar-refractivity contribution is 7.89. The molecule has 188 valence electrons. The van der Waals surface area contributed by atoms with Crippen LogP contribution in [-0.2, 0) is 24.3 Å². The van der Waals surface area contributed by atoms with E-state index in [9.17, 15) is 27.6 Å². The molecule has 5 rings (SSSR count). The summed E-state index contributed by atoms with van der Waals surface area (Å²) in [6, 6.07) is 1.10. The number of carbonyl (C=O) groups is 4. The highest BCUT2D eigenvalue weighted by Gasteiger charge is 2.47. The third-order valence-electron chi connectivity index (χ3n) is 6.98. The third-order valence-corrected chi connectivity index (χ3v) is 9.29. The van der Waals surface area contributed by atoms with Gasteiger partial charge in [0.05, 0.1) is 35.3 Å². The maximum atomic E-state index is 15.2. The zero-order valence-corrected chi connectivity index (χ0v) is 19.7. The zero-order chi connectivity index (χ0) is 24.9. The Morgan fingerprint density at radius 1 is 1.00 bits per heavy atom. The van der Waals surface area contributed by atoms with E-state index in [4.69, 9.17) is 4.74 Å². The molecule has 3 fully saturated rings. The fourth-order valence-corrected chi connectivity index (χ4v) is 7.13. The third kappa shape index (κ3) is 4.00. The molecule has 11 nitrogen and oxygen atoms in total. The minimum Gasteiger partial charge on any atom is -0.379 e. The van der Waals surface area contributed by atoms with Crippen molar-refractivity contribution in [1.29, 1.82) is 0 Å². The Balaban J connectivity index is 1.46. The first kappa shape index (κ1) is 23.8. The standard InChI is InChI=1S/C22H25FN4O7S/c23-15-4-3-14-18(22(31)27(21(14)30)16-5-6-17(28)24-20(16)29)19(15)25-7-1-2-13(12-25)35(32,33)26-8-10-34-11-9-26/h3-4,13,16H,1-2,5-12H2,(H,24,28,29). The summed E-state index contributed by atoms with van der Waals surface area (Å²) in [6.07, 6.45) is 0.800. The predicted molar refractivity (Wildman–Crippen MR) is 120 cm³/mol. The van der Waals surface area contributed by atoms with Crippen molar-refractivity contribution < 1.29 is 36.7 Å². The topological polar surface area (TPSA) is 133 Å². The normalized spacial score (nSPS) is 26.2. The number of sulfonamides is 1. The Labute approximate surface area is 201 Å². The van der Waals surface area contributed by atoms with Gasteiger partial charge in [-0.1, -0.05) is 0 Å². The Bertz CT molecular complexity index is 1210. The van der Waals surface area contributed by atoms with Gasteiger partial charge in [0.1, 0.15) is 11.9 Å². The van der Waals surface area contributed by atoms with Crippen molar-refractivity contribution in [3.8, 4) is 0 Å². The average molecular weight is 509 g/mol. The quantitative estimate of drug-likeness (QED) is 0.556. The molecule has 4 heterocycles. The number of benzene rings is 1. The van der Waals surface area contributed by atoms with E-state index < -0.39 is 50.8 Å². The molecule has 0 bridgehead atoms. The minimum absolute atomic E-state index is 0.0163. The lowest BCUT2D eigenvalue weighted by molar-refractivity contribution is -0.136. The molecule has 0 aliphatic carbocycles. The molecule has 13 heteroatoms. The molecular weight excluding hydrogens is 483 g/mol. The molecule has 2 atom stereocenters. The van der Waals surface area contributed by atoms with Crippen LogP contribution in [-0.4, -0.2) is 91.9 Å². The van der Waals surface area contributed by atoms with E-state index in [2.05, 4.69) is 5.32 Å². The lowest BCUT2D eigenvalue weighted by Gasteiger charge is -2.38. The summed E-state index contributed by atoms with van der Waals surface area (Å²) in [5, 5.41) is 1.33. The predicted octanol–water partition coefficient (Wildman–Crippen LogP) is -0.142. The Morgan fingerprint density at radius 2 is 1.74 bits per heavy atom. The second kappa shape index (κ2) is 8.95. The van der Waals surface area contributed by atoms with Crippen LogP contribution in [0.2, 0.25) is 0 Å². The van der Waals surface area contributed by atoms with Gasteiger partial charge in [-0.25, -0.2) is 12.8 Å². The van der Waals surface area contributed by atoms with Crippen molar-refractivity contribution >= 4 is 39.3 Å². The Morgan fingerprint density at radius 3 is 2.46 bits per heavy atom. The lowest BCUT2D eigenvalue weighted by atomic mass is 10.0. The van der Waals surface area contributed by atoms with Crippen LogP contribution in [0.1, 0.15) is 46.4 Å². The van der Waals surface area contributed by atoms with E-state index in [0.717, 1.165) is 11.0 Å². The lowest BCUT2D eigenvalue weighted by Crippen LogP contribution is -2.54. The van der Waals surface area contributed by atoms with E-state index in [-0.39, 0.29) is 49.3 Å². The number of amides is 4. The fraction of sp³-hybridized carbons (Fsp3) is 0.545. The average Bonchev–Trinajstić information content (AvgIpc) is 3.09. The second-order valence-corrected chi connectivity index (χ2v) is 11.2. The number of halogens is 1. The van der Waals surface area contributed by atoms with E-state index in [0.29, 0.717) is 32.6 Å². The number of morpholine rings is 1. The first-order chi connectivity index (χ1) is 16.7. The van der Waals surface area contributed by atoms with Crippen molar-refractivity contribution in [2.45, 2.75) is 37.0 Å². The van der Waals surface area contributed by atoms with E-state index in [1.807, 2.05) is 0 Å². The summed E-state index contributed by atoms with van der Waals surface area (Å²) in [7, 11) is -3.68. The first-order valence-corrected chi connectivity index (χ1v) is 13.1. The van der Waals surface area contributed by atoms with Crippen LogP contribution in [0.5, 0.6) is 0 Å². The summed E-state index contributed by atoms with van der Waals surface area (Å²) in [5.74, 6) is -3.57. The highest BCUT2D eigenvalue weighted by Crippen LogP contribution is 2.38. The largest absolute Gasteiger partial charge is 0.379 e. The van der Waals surface area contributed by atoms with Crippen LogP contribution in [0, 0.1) is 5.82 Å². The zero-order valence-electron chi connectivity index (χ0n) is 18.9. The van der Waals surface area contributed by atoms with Gasteiger partial charge in [0, 0.05) is 32.6 Å². The molecule has 0 aromatic heterocycles. The van der Waals surface area contributed by atoms with Gasteiger partial charge in [-0.05, 0) is 31.4 Å². The summed E-state index contributed by atoms with van der Waals surface area (Å²) in [6.45, 7) is 1.39. The number of piperidine rings is 2. The van der Waals surface area contributed by atoms with Gasteiger partial charge in [-0.15, -0.1) is 0 Å². The summed E-state index contributed by atoms with van der Waals surface area (Å²) >= 11 is 0. The maximum Gasteiger partial charge on any atom is 0.264 e. The monoisotopic (exact) mass is 508 g/mol. The first-order valence-electron chi connectivity index (χ1n) is 11.6. The van der Waals surface area contributed by atoms with E-state index >= 15 is 4.39 Å². The van der Waals surface area contributed by atoms with Gasteiger partial charge in [0.25, 0.3) is 11.8 Å². The molecule has 0 radical (unpaired) electrons. The molecular formula is C22H25FN4O7S. The number of imide groups is 2. The summed E-state index contributed by atoms with van der Waals surface area (Å²) in [4.78, 5) is 52.6. The number of ether oxygens (including phenoxy) is 1. The molecule has 1 aromatic rings. The fourth-order valence-electron chi connectivity index (χ4n) is 5.22. The number of hydrogen-bond acceptors (Lipinski definition) is 8.